The van der Waals surface area contributed by atoms with Crippen molar-refractivity contribution in [1.29, 1.82) is 0 Å². The van der Waals surface area contributed by atoms with Crippen LogP contribution >= 0.6 is 11.3 Å². The van der Waals surface area contributed by atoms with Gasteiger partial charge < -0.3 is 29.0 Å². The van der Waals surface area contributed by atoms with Crippen LogP contribution in [0.4, 0.5) is 0 Å². The summed E-state index contributed by atoms with van der Waals surface area (Å²) in [5.41, 5.74) is 3.66. The zero-order chi connectivity index (χ0) is 25.5. The van der Waals surface area contributed by atoms with Gasteiger partial charge in [0.05, 0.1) is 41.6 Å². The molecule has 194 valence electrons. The van der Waals surface area contributed by atoms with E-state index in [4.69, 9.17) is 23.7 Å². The second kappa shape index (κ2) is 12.3. The maximum Gasteiger partial charge on any atom is 0.161 e. The summed E-state index contributed by atoms with van der Waals surface area (Å²) >= 11 is 1.85. The molecule has 0 bridgehead atoms. The third-order valence-electron chi connectivity index (χ3n) is 6.73. The smallest absolute Gasteiger partial charge is 0.161 e. The first-order valence-electron chi connectivity index (χ1n) is 12.1. The van der Waals surface area contributed by atoms with Crippen LogP contribution < -0.4 is 29.0 Å². The molecule has 0 radical (unpaired) electrons. The van der Waals surface area contributed by atoms with Crippen LogP contribution in [-0.2, 0) is 12.8 Å². The van der Waals surface area contributed by atoms with Crippen LogP contribution in [0.15, 0.2) is 41.8 Å². The molecule has 3 aromatic rings. The molecule has 0 fully saturated rings. The lowest BCUT2D eigenvalue weighted by atomic mass is 9.93. The minimum Gasteiger partial charge on any atom is -0.496 e. The van der Waals surface area contributed by atoms with Gasteiger partial charge in [0.25, 0.3) is 0 Å². The molecule has 0 aliphatic carbocycles. The summed E-state index contributed by atoms with van der Waals surface area (Å²) in [6.07, 6.45) is 1.88. The fourth-order valence-corrected chi connectivity index (χ4v) is 5.81. The Labute approximate surface area is 217 Å². The number of hydrogen-bond acceptors (Lipinski definition) is 8. The molecule has 7 nitrogen and oxygen atoms in total. The first-order chi connectivity index (χ1) is 17.6. The normalized spacial score (nSPS) is 15.3. The van der Waals surface area contributed by atoms with E-state index in [0.29, 0.717) is 0 Å². The van der Waals surface area contributed by atoms with Crippen molar-refractivity contribution in [2.75, 3.05) is 61.7 Å². The molecule has 2 aromatic carbocycles. The fraction of sp³-hybridized carbons (Fsp3) is 0.429. The van der Waals surface area contributed by atoms with Gasteiger partial charge in [0, 0.05) is 42.2 Å². The van der Waals surface area contributed by atoms with E-state index in [2.05, 4.69) is 33.8 Å². The lowest BCUT2D eigenvalue weighted by Crippen LogP contribution is -2.40. The summed E-state index contributed by atoms with van der Waals surface area (Å²) in [5.74, 6) is 3.79. The van der Waals surface area contributed by atoms with Crippen LogP contribution in [0.3, 0.4) is 0 Å². The summed E-state index contributed by atoms with van der Waals surface area (Å²) in [6.45, 7) is 3.65. The Hall–Kier alpha value is -2.94. The van der Waals surface area contributed by atoms with Gasteiger partial charge in [0.2, 0.25) is 0 Å². The molecule has 0 amide bonds. The lowest BCUT2D eigenvalue weighted by Gasteiger charge is -2.36. The van der Waals surface area contributed by atoms with Gasteiger partial charge in [-0.05, 0) is 54.1 Å². The van der Waals surface area contributed by atoms with E-state index in [9.17, 15) is 0 Å². The highest BCUT2D eigenvalue weighted by molar-refractivity contribution is 7.10. The highest BCUT2D eigenvalue weighted by Crippen LogP contribution is 2.40. The monoisotopic (exact) mass is 512 g/mol. The Balaban J connectivity index is 1.43. The Kier molecular flexibility index (Phi) is 8.96. The minimum absolute atomic E-state index is 0.198. The Morgan fingerprint density at radius 3 is 2.22 bits per heavy atom. The van der Waals surface area contributed by atoms with Crippen LogP contribution in [0, 0.1) is 0 Å². The van der Waals surface area contributed by atoms with Crippen molar-refractivity contribution in [3.8, 4) is 28.7 Å². The van der Waals surface area contributed by atoms with Crippen molar-refractivity contribution < 1.29 is 23.7 Å². The van der Waals surface area contributed by atoms with Crippen LogP contribution in [0.25, 0.3) is 0 Å². The van der Waals surface area contributed by atoms with Gasteiger partial charge in [-0.15, -0.1) is 11.3 Å². The highest BCUT2D eigenvalue weighted by Gasteiger charge is 2.30. The molecular formula is C28H36N2O5S. The van der Waals surface area contributed by atoms with E-state index >= 15 is 0 Å². The molecule has 2 heterocycles. The number of methoxy groups -OCH3 is 5. The van der Waals surface area contributed by atoms with Crippen molar-refractivity contribution in [3.05, 3.63) is 63.3 Å². The molecule has 1 N–H and O–H groups in total. The number of nitrogens with zero attached hydrogens (tertiary/aromatic N) is 1. The van der Waals surface area contributed by atoms with E-state index in [-0.39, 0.29) is 6.04 Å². The van der Waals surface area contributed by atoms with Crippen molar-refractivity contribution in [3.63, 3.8) is 0 Å². The molecule has 36 heavy (non-hydrogen) atoms. The van der Waals surface area contributed by atoms with E-state index in [1.54, 1.807) is 35.5 Å². The van der Waals surface area contributed by atoms with E-state index in [1.165, 1.54) is 16.0 Å². The van der Waals surface area contributed by atoms with Crippen LogP contribution in [-0.4, -0.2) is 66.6 Å². The van der Waals surface area contributed by atoms with Crippen molar-refractivity contribution in [2.24, 2.45) is 0 Å². The third kappa shape index (κ3) is 5.56. The number of rotatable bonds is 12. The Morgan fingerprint density at radius 2 is 1.56 bits per heavy atom. The summed E-state index contributed by atoms with van der Waals surface area (Å²) in [4.78, 5) is 4.02. The molecule has 1 unspecified atom stereocenters. The second-order valence-electron chi connectivity index (χ2n) is 8.61. The van der Waals surface area contributed by atoms with Crippen molar-refractivity contribution in [2.45, 2.75) is 18.9 Å². The van der Waals surface area contributed by atoms with Crippen LogP contribution in [0.2, 0.25) is 0 Å². The maximum atomic E-state index is 5.60. The summed E-state index contributed by atoms with van der Waals surface area (Å²) in [5, 5.41) is 5.82. The number of hydrogen-bond donors (Lipinski definition) is 1. The maximum absolute atomic E-state index is 5.60. The van der Waals surface area contributed by atoms with Gasteiger partial charge in [-0.25, -0.2) is 0 Å². The number of fused-ring (bicyclic) bond motifs is 1. The van der Waals surface area contributed by atoms with E-state index < -0.39 is 0 Å². The summed E-state index contributed by atoms with van der Waals surface area (Å²) in [6, 6.07) is 12.5. The topological polar surface area (TPSA) is 61.4 Å². The van der Waals surface area contributed by atoms with Crippen LogP contribution in [0.5, 0.6) is 28.7 Å². The first-order valence-corrected chi connectivity index (χ1v) is 13.0. The van der Waals surface area contributed by atoms with E-state index in [1.807, 2.05) is 29.5 Å². The summed E-state index contributed by atoms with van der Waals surface area (Å²) in [7, 11) is 8.35. The van der Waals surface area contributed by atoms with Gasteiger partial charge in [-0.3, -0.25) is 4.90 Å². The average Bonchev–Trinajstić information content (AvgIpc) is 3.40. The zero-order valence-electron chi connectivity index (χ0n) is 21.8. The molecule has 1 aromatic heterocycles. The number of nitrogens with one attached hydrogen (secondary N) is 1. The minimum atomic E-state index is 0.198. The standard InChI is InChI=1S/C28H36N2O5S/c1-31-20-17-24(33-3)21(25(18-20)34-4)8-11-29-12-14-30-13-9-27-22(10-15-36-27)28(30)19-6-7-23(32-2)26(16-19)35-5/h6-7,10,15-18,28-29H,8-9,11-14H2,1-5H3. The predicted molar refractivity (Wildman–Crippen MR) is 144 cm³/mol. The highest BCUT2D eigenvalue weighted by atomic mass is 32.1. The van der Waals surface area contributed by atoms with Gasteiger partial charge >= 0.3 is 0 Å². The Morgan fingerprint density at radius 1 is 0.833 bits per heavy atom. The average molecular weight is 513 g/mol. The molecule has 0 spiro atoms. The molecule has 0 saturated carbocycles. The first kappa shape index (κ1) is 26.1. The van der Waals surface area contributed by atoms with Gasteiger partial charge in [-0.2, -0.15) is 0 Å². The molecule has 1 aliphatic rings. The zero-order valence-corrected chi connectivity index (χ0v) is 22.6. The summed E-state index contributed by atoms with van der Waals surface area (Å²) < 4.78 is 27.6. The second-order valence-corrected chi connectivity index (χ2v) is 9.61. The largest absolute Gasteiger partial charge is 0.496 e. The Bertz CT molecular complexity index is 1120. The lowest BCUT2D eigenvalue weighted by molar-refractivity contribution is 0.215. The van der Waals surface area contributed by atoms with E-state index in [0.717, 1.165) is 73.3 Å². The van der Waals surface area contributed by atoms with Gasteiger partial charge in [0.1, 0.15) is 17.2 Å². The number of benzene rings is 2. The molecule has 0 saturated heterocycles. The molecule has 1 atom stereocenters. The number of ether oxygens (including phenoxy) is 5. The molecule has 4 rings (SSSR count). The number of thiophene rings is 1. The quantitative estimate of drug-likeness (QED) is 0.357. The van der Waals surface area contributed by atoms with Gasteiger partial charge in [0.15, 0.2) is 11.5 Å². The predicted octanol–water partition coefficient (Wildman–Crippen LogP) is 4.57. The molecule has 8 heteroatoms. The van der Waals surface area contributed by atoms with Crippen molar-refractivity contribution >= 4 is 11.3 Å². The fourth-order valence-electron chi connectivity index (χ4n) is 4.91. The van der Waals surface area contributed by atoms with Crippen molar-refractivity contribution in [1.82, 2.24) is 10.2 Å². The molecular weight excluding hydrogens is 476 g/mol. The third-order valence-corrected chi connectivity index (χ3v) is 7.73. The molecule has 1 aliphatic heterocycles. The van der Waals surface area contributed by atoms with Crippen LogP contribution in [0.1, 0.15) is 27.6 Å². The SMILES string of the molecule is COc1cc(OC)c(CCNCCN2CCc3sccc3C2c2ccc(OC)c(OC)c2)c(OC)c1. The van der Waals surface area contributed by atoms with Gasteiger partial charge in [-0.1, -0.05) is 6.07 Å².